The molecule has 0 heterocycles. The fraction of sp³-hybridized carbons (Fsp3) is 0.459. The van der Waals surface area contributed by atoms with Crippen LogP contribution in [0.25, 0.3) is 0 Å². The number of esters is 2. The Balaban J connectivity index is 1.44. The van der Waals surface area contributed by atoms with Crippen LogP contribution in [-0.4, -0.2) is 24.6 Å². The number of carbonyl (C=O) groups excluding carboxylic acids is 2. The number of azo groups is 1. The van der Waals surface area contributed by atoms with Crippen LogP contribution >= 0.6 is 0 Å². The number of hydrogen-bond donors (Lipinski definition) is 0. The highest BCUT2D eigenvalue weighted by Crippen LogP contribution is 2.24. The van der Waals surface area contributed by atoms with Gasteiger partial charge in [0.2, 0.25) is 0 Å². The zero-order chi connectivity index (χ0) is 32.3. The average Bonchev–Trinajstić information content (AvgIpc) is 3.05. The maximum Gasteiger partial charge on any atom is 0.343 e. The Hall–Kier alpha value is -4.07. The zero-order valence-electron chi connectivity index (χ0n) is 26.9. The molecule has 1 atom stereocenters. The van der Waals surface area contributed by atoms with Crippen molar-refractivity contribution in [3.05, 3.63) is 83.7 Å². The van der Waals surface area contributed by atoms with Gasteiger partial charge in [-0.2, -0.15) is 10.2 Å². The van der Waals surface area contributed by atoms with Gasteiger partial charge in [0.1, 0.15) is 5.75 Å². The first kappa shape index (κ1) is 35.4. The molecule has 3 aromatic rings. The Morgan fingerprint density at radius 3 is 1.87 bits per heavy atom. The van der Waals surface area contributed by atoms with Crippen molar-refractivity contribution < 1.29 is 28.2 Å². The predicted molar refractivity (Wildman–Crippen MR) is 176 cm³/mol. The molecule has 3 rings (SSSR count). The number of rotatable bonds is 20. The second-order valence-electron chi connectivity index (χ2n) is 11.3. The normalized spacial score (nSPS) is 11.8. The molecule has 0 aliphatic heterocycles. The van der Waals surface area contributed by atoms with Crippen molar-refractivity contribution in [2.45, 2.75) is 104 Å². The van der Waals surface area contributed by atoms with Crippen molar-refractivity contribution >= 4 is 23.3 Å². The first-order valence-corrected chi connectivity index (χ1v) is 16.4. The molecule has 0 saturated carbocycles. The van der Waals surface area contributed by atoms with E-state index >= 15 is 0 Å². The topological polar surface area (TPSA) is 86.5 Å². The van der Waals surface area contributed by atoms with Crippen LogP contribution in [0, 0.1) is 5.82 Å². The van der Waals surface area contributed by atoms with E-state index in [1.807, 2.05) is 31.2 Å². The highest BCUT2D eigenvalue weighted by Gasteiger charge is 2.17. The van der Waals surface area contributed by atoms with Crippen LogP contribution in [0.5, 0.6) is 11.5 Å². The van der Waals surface area contributed by atoms with E-state index in [4.69, 9.17) is 14.2 Å². The fourth-order valence-corrected chi connectivity index (χ4v) is 4.68. The van der Waals surface area contributed by atoms with Gasteiger partial charge in [-0.15, -0.1) is 0 Å². The molecule has 0 fully saturated rings. The number of ether oxygens (including phenoxy) is 3. The Bertz CT molecular complexity index is 1340. The van der Waals surface area contributed by atoms with Crippen molar-refractivity contribution in [3.63, 3.8) is 0 Å². The number of benzene rings is 3. The van der Waals surface area contributed by atoms with Crippen molar-refractivity contribution in [2.75, 3.05) is 6.61 Å². The molecule has 0 aromatic heterocycles. The highest BCUT2D eigenvalue weighted by atomic mass is 19.1. The molecule has 7 nitrogen and oxygen atoms in total. The summed E-state index contributed by atoms with van der Waals surface area (Å²) in [6.07, 6.45) is 13.5. The third-order valence-electron chi connectivity index (χ3n) is 7.38. The van der Waals surface area contributed by atoms with Gasteiger partial charge in [-0.1, -0.05) is 71.6 Å². The lowest BCUT2D eigenvalue weighted by atomic mass is 10.1. The molecule has 0 bridgehead atoms. The van der Waals surface area contributed by atoms with Gasteiger partial charge >= 0.3 is 11.9 Å². The third-order valence-corrected chi connectivity index (χ3v) is 7.38. The van der Waals surface area contributed by atoms with E-state index in [-0.39, 0.29) is 23.0 Å². The van der Waals surface area contributed by atoms with Gasteiger partial charge in [0, 0.05) is 0 Å². The predicted octanol–water partition coefficient (Wildman–Crippen LogP) is 11.1. The van der Waals surface area contributed by atoms with E-state index in [0.29, 0.717) is 18.0 Å². The molecule has 0 amide bonds. The van der Waals surface area contributed by atoms with Crippen molar-refractivity contribution in [1.82, 2.24) is 0 Å². The second-order valence-corrected chi connectivity index (χ2v) is 11.3. The number of halogens is 1. The molecule has 8 heteroatoms. The molecule has 3 aromatic carbocycles. The molecule has 0 saturated heterocycles. The molecule has 0 aliphatic carbocycles. The minimum absolute atomic E-state index is 0.0630. The SMILES string of the molecule is CCCCCCCCCOc1ccc(N=Nc2ccc(C(=O)Oc3ccc(C(=O)O[C@@H](C)CCCCCC)cc3F)cc2)cc1. The molecule has 0 aliphatic rings. The molecule has 0 N–H and O–H groups in total. The molecule has 45 heavy (non-hydrogen) atoms. The zero-order valence-corrected chi connectivity index (χ0v) is 26.9. The summed E-state index contributed by atoms with van der Waals surface area (Å²) in [5.74, 6) is -1.64. The van der Waals surface area contributed by atoms with Gasteiger partial charge in [-0.3, -0.25) is 0 Å². The van der Waals surface area contributed by atoms with Crippen molar-refractivity contribution in [2.24, 2.45) is 10.2 Å². The minimum Gasteiger partial charge on any atom is -0.494 e. The Labute approximate surface area is 267 Å². The lowest BCUT2D eigenvalue weighted by Crippen LogP contribution is -2.15. The Morgan fingerprint density at radius 1 is 0.689 bits per heavy atom. The maximum absolute atomic E-state index is 14.7. The van der Waals surface area contributed by atoms with E-state index < -0.39 is 17.8 Å². The second kappa shape index (κ2) is 20.1. The molecular weight excluding hydrogens is 571 g/mol. The summed E-state index contributed by atoms with van der Waals surface area (Å²) in [4.78, 5) is 25.0. The van der Waals surface area contributed by atoms with Crippen LogP contribution in [0.3, 0.4) is 0 Å². The summed E-state index contributed by atoms with van der Waals surface area (Å²) in [7, 11) is 0. The monoisotopic (exact) mass is 618 g/mol. The fourth-order valence-electron chi connectivity index (χ4n) is 4.68. The van der Waals surface area contributed by atoms with Crippen LogP contribution in [0.15, 0.2) is 77.0 Å². The van der Waals surface area contributed by atoms with Gasteiger partial charge < -0.3 is 14.2 Å². The molecule has 0 spiro atoms. The van der Waals surface area contributed by atoms with E-state index in [2.05, 4.69) is 24.1 Å². The van der Waals surface area contributed by atoms with E-state index in [9.17, 15) is 14.0 Å². The smallest absolute Gasteiger partial charge is 0.343 e. The van der Waals surface area contributed by atoms with Crippen LogP contribution in [0.1, 0.15) is 119 Å². The molecular formula is C37H47FN2O5. The van der Waals surface area contributed by atoms with E-state index in [0.717, 1.165) is 50.3 Å². The van der Waals surface area contributed by atoms with Crippen molar-refractivity contribution in [1.29, 1.82) is 0 Å². The van der Waals surface area contributed by atoms with Gasteiger partial charge in [0.05, 0.1) is 35.2 Å². The van der Waals surface area contributed by atoms with Crippen LogP contribution in [0.4, 0.5) is 15.8 Å². The van der Waals surface area contributed by atoms with E-state index in [1.54, 1.807) is 12.1 Å². The summed E-state index contributed by atoms with van der Waals surface area (Å²) in [5, 5.41) is 8.47. The highest BCUT2D eigenvalue weighted by molar-refractivity contribution is 5.92. The Morgan fingerprint density at radius 2 is 1.24 bits per heavy atom. The minimum atomic E-state index is -0.826. The van der Waals surface area contributed by atoms with Crippen molar-refractivity contribution in [3.8, 4) is 11.5 Å². The lowest BCUT2D eigenvalue weighted by Gasteiger charge is -2.13. The summed E-state index contributed by atoms with van der Waals surface area (Å²) in [6.45, 7) is 6.90. The average molecular weight is 619 g/mol. The number of unbranched alkanes of at least 4 members (excludes halogenated alkanes) is 9. The molecule has 0 unspecified atom stereocenters. The number of hydrogen-bond acceptors (Lipinski definition) is 7. The van der Waals surface area contributed by atoms with Crippen LogP contribution in [0.2, 0.25) is 0 Å². The van der Waals surface area contributed by atoms with Gasteiger partial charge in [-0.25, -0.2) is 14.0 Å². The number of nitrogens with zero attached hydrogens (tertiary/aromatic N) is 2. The maximum atomic E-state index is 14.7. The van der Waals surface area contributed by atoms with Gasteiger partial charge in [0.15, 0.2) is 11.6 Å². The first-order chi connectivity index (χ1) is 21.9. The summed E-state index contributed by atoms with van der Waals surface area (Å²) in [5.41, 5.74) is 1.50. The third kappa shape index (κ3) is 13.2. The number of carbonyl (C=O) groups is 2. The first-order valence-electron chi connectivity index (χ1n) is 16.4. The van der Waals surface area contributed by atoms with Gasteiger partial charge in [-0.05, 0) is 92.9 Å². The quantitative estimate of drug-likeness (QED) is 0.0544. The lowest BCUT2D eigenvalue weighted by molar-refractivity contribution is 0.0319. The standard InChI is InChI=1S/C37H47FN2O5/c1-4-6-8-10-11-12-14-26-43-33-23-21-32(22-24-33)40-39-31-19-16-29(17-20-31)36(41)45-35-25-18-30(27-34(35)38)37(42)44-28(3)15-13-9-7-5-2/h16-25,27-28H,4-15,26H2,1-3H3/t28-/m0/s1. The van der Waals surface area contributed by atoms with E-state index in [1.165, 1.54) is 62.8 Å². The Kier molecular flexibility index (Phi) is 15.8. The van der Waals surface area contributed by atoms with Gasteiger partial charge in [0.25, 0.3) is 0 Å². The summed E-state index contributed by atoms with van der Waals surface area (Å²) < 4.78 is 31.2. The summed E-state index contributed by atoms with van der Waals surface area (Å²) >= 11 is 0. The largest absolute Gasteiger partial charge is 0.494 e. The van der Waals surface area contributed by atoms with Crippen LogP contribution < -0.4 is 9.47 Å². The van der Waals surface area contributed by atoms with Crippen LogP contribution in [-0.2, 0) is 4.74 Å². The molecule has 0 radical (unpaired) electrons. The summed E-state index contributed by atoms with van der Waals surface area (Å²) in [6, 6.07) is 17.4. The molecule has 242 valence electrons.